The largest absolute Gasteiger partial charge is 0.492 e. The van der Waals surface area contributed by atoms with Crippen molar-refractivity contribution in [2.75, 3.05) is 23.8 Å². The molecule has 1 amide bonds. The van der Waals surface area contributed by atoms with Gasteiger partial charge in [0.2, 0.25) is 0 Å². The summed E-state index contributed by atoms with van der Waals surface area (Å²) in [7, 11) is 0. The van der Waals surface area contributed by atoms with Crippen molar-refractivity contribution in [2.24, 2.45) is 0 Å². The normalized spacial score (nSPS) is 10.3. The third kappa shape index (κ3) is 5.98. The molecule has 0 aliphatic heterocycles. The maximum atomic E-state index is 14.0. The number of halogens is 1. The van der Waals surface area contributed by atoms with Crippen LogP contribution in [0.2, 0.25) is 0 Å². The van der Waals surface area contributed by atoms with E-state index >= 15 is 0 Å². The van der Waals surface area contributed by atoms with E-state index < -0.39 is 11.7 Å². The summed E-state index contributed by atoms with van der Waals surface area (Å²) in [5, 5.41) is 9.18. The highest BCUT2D eigenvalue weighted by molar-refractivity contribution is 7.80. The molecule has 0 aliphatic rings. The van der Waals surface area contributed by atoms with Crippen LogP contribution in [0.5, 0.6) is 11.5 Å². The maximum absolute atomic E-state index is 14.0. The van der Waals surface area contributed by atoms with Gasteiger partial charge in [-0.2, -0.15) is 0 Å². The van der Waals surface area contributed by atoms with Gasteiger partial charge in [0.15, 0.2) is 5.11 Å². The summed E-state index contributed by atoms with van der Waals surface area (Å²) in [5.41, 5.74) is 0.832. The van der Waals surface area contributed by atoms with Crippen LogP contribution < -0.4 is 25.4 Å². The zero-order valence-corrected chi connectivity index (χ0v) is 18.6. The molecule has 1 aromatic heterocycles. The first kappa shape index (κ1) is 23.1. The Balaban J connectivity index is 1.83. The van der Waals surface area contributed by atoms with Gasteiger partial charge in [0, 0.05) is 12.1 Å². The first-order chi connectivity index (χ1) is 15.5. The molecule has 0 radical (unpaired) electrons. The molecule has 168 valence electrons. The van der Waals surface area contributed by atoms with Crippen molar-refractivity contribution in [3.8, 4) is 11.5 Å². The average Bonchev–Trinajstić information content (AvgIpc) is 3.29. The predicted molar refractivity (Wildman–Crippen MR) is 125 cm³/mol. The Hall–Kier alpha value is -3.59. The summed E-state index contributed by atoms with van der Waals surface area (Å²) in [6.45, 7) is 4.82. The van der Waals surface area contributed by atoms with E-state index in [1.165, 1.54) is 18.2 Å². The number of carbonyl (C=O) groups excluding carboxylic acids is 1. The van der Waals surface area contributed by atoms with Gasteiger partial charge in [0.1, 0.15) is 23.1 Å². The fourth-order valence-corrected chi connectivity index (χ4v) is 3.07. The molecular weight excluding hydrogens is 433 g/mol. The van der Waals surface area contributed by atoms with Crippen molar-refractivity contribution in [3.05, 3.63) is 71.9 Å². The van der Waals surface area contributed by atoms with Crippen LogP contribution in [0.4, 0.5) is 15.8 Å². The van der Waals surface area contributed by atoms with E-state index in [0.717, 1.165) is 5.76 Å². The second-order valence-corrected chi connectivity index (χ2v) is 6.94. The summed E-state index contributed by atoms with van der Waals surface area (Å²) in [4.78, 5) is 12.6. The highest BCUT2D eigenvalue weighted by Crippen LogP contribution is 2.37. The lowest BCUT2D eigenvalue weighted by Crippen LogP contribution is -2.28. The number of amides is 1. The molecule has 0 spiro atoms. The van der Waals surface area contributed by atoms with Crippen LogP contribution in [0.25, 0.3) is 0 Å². The molecule has 3 N–H and O–H groups in total. The number of hydrogen-bond acceptors (Lipinski definition) is 5. The van der Waals surface area contributed by atoms with Crippen molar-refractivity contribution < 1.29 is 23.1 Å². The molecule has 9 heteroatoms. The van der Waals surface area contributed by atoms with E-state index in [9.17, 15) is 9.18 Å². The fraction of sp³-hybridized carbons (Fsp3) is 0.217. The SMILES string of the molecule is CCOc1cc(NC(=S)NCc2ccco2)c(OCC)cc1NC(=O)c1ccccc1F. The van der Waals surface area contributed by atoms with Gasteiger partial charge < -0.3 is 29.8 Å². The molecule has 7 nitrogen and oxygen atoms in total. The Morgan fingerprint density at radius 2 is 1.66 bits per heavy atom. The van der Waals surface area contributed by atoms with E-state index in [4.69, 9.17) is 26.1 Å². The molecule has 3 aromatic rings. The minimum atomic E-state index is -0.612. The molecule has 32 heavy (non-hydrogen) atoms. The number of thiocarbonyl (C=S) groups is 1. The quantitative estimate of drug-likeness (QED) is 0.392. The number of carbonyl (C=O) groups is 1. The van der Waals surface area contributed by atoms with Crippen LogP contribution in [0, 0.1) is 5.82 Å². The average molecular weight is 458 g/mol. The molecule has 0 fully saturated rings. The van der Waals surface area contributed by atoms with E-state index in [0.29, 0.717) is 47.7 Å². The Bertz CT molecular complexity index is 1070. The summed E-state index contributed by atoms with van der Waals surface area (Å²) in [6, 6.07) is 12.7. The van der Waals surface area contributed by atoms with Crippen LogP contribution in [-0.4, -0.2) is 24.2 Å². The minimum Gasteiger partial charge on any atom is -0.492 e. The zero-order chi connectivity index (χ0) is 22.9. The zero-order valence-electron chi connectivity index (χ0n) is 17.7. The molecule has 2 aromatic carbocycles. The van der Waals surface area contributed by atoms with Gasteiger partial charge in [0.05, 0.1) is 43.0 Å². The molecule has 0 saturated carbocycles. The fourth-order valence-electron chi connectivity index (χ4n) is 2.89. The molecule has 0 atom stereocenters. The molecule has 0 unspecified atom stereocenters. The van der Waals surface area contributed by atoms with Gasteiger partial charge in [-0.05, 0) is 50.3 Å². The third-order valence-electron chi connectivity index (χ3n) is 4.30. The number of nitrogens with one attached hydrogen (secondary N) is 3. The smallest absolute Gasteiger partial charge is 0.258 e. The van der Waals surface area contributed by atoms with Crippen molar-refractivity contribution in [3.63, 3.8) is 0 Å². The number of benzene rings is 2. The van der Waals surface area contributed by atoms with E-state index in [1.807, 2.05) is 19.9 Å². The Kier molecular flexibility index (Phi) is 8.04. The van der Waals surface area contributed by atoms with Crippen molar-refractivity contribution in [1.29, 1.82) is 0 Å². The van der Waals surface area contributed by atoms with Crippen LogP contribution >= 0.6 is 12.2 Å². The first-order valence-electron chi connectivity index (χ1n) is 10.1. The lowest BCUT2D eigenvalue weighted by molar-refractivity contribution is 0.102. The van der Waals surface area contributed by atoms with Gasteiger partial charge in [-0.1, -0.05) is 12.1 Å². The molecule has 0 aliphatic carbocycles. The lowest BCUT2D eigenvalue weighted by atomic mass is 10.1. The topological polar surface area (TPSA) is 84.8 Å². The second-order valence-electron chi connectivity index (χ2n) is 6.53. The minimum absolute atomic E-state index is 0.0709. The number of anilines is 2. The Morgan fingerprint density at radius 1 is 1.00 bits per heavy atom. The lowest BCUT2D eigenvalue weighted by Gasteiger charge is -2.19. The maximum Gasteiger partial charge on any atom is 0.258 e. The first-order valence-corrected chi connectivity index (χ1v) is 10.5. The summed E-state index contributed by atoms with van der Waals surface area (Å²) < 4.78 is 30.7. The number of rotatable bonds is 9. The third-order valence-corrected chi connectivity index (χ3v) is 4.55. The molecule has 3 rings (SSSR count). The van der Waals surface area contributed by atoms with Gasteiger partial charge >= 0.3 is 0 Å². The van der Waals surface area contributed by atoms with Crippen LogP contribution in [-0.2, 0) is 6.54 Å². The summed E-state index contributed by atoms with van der Waals surface area (Å²) in [6.07, 6.45) is 1.59. The molecule has 0 saturated heterocycles. The summed E-state index contributed by atoms with van der Waals surface area (Å²) in [5.74, 6) is 0.362. The van der Waals surface area contributed by atoms with E-state index in [-0.39, 0.29) is 5.56 Å². The molecular formula is C23H24FN3O4S. The van der Waals surface area contributed by atoms with E-state index in [2.05, 4.69) is 16.0 Å². The van der Waals surface area contributed by atoms with Gasteiger partial charge in [0.25, 0.3) is 5.91 Å². The van der Waals surface area contributed by atoms with Gasteiger partial charge in [-0.15, -0.1) is 0 Å². The van der Waals surface area contributed by atoms with Gasteiger partial charge in [-0.3, -0.25) is 4.79 Å². The molecule has 1 heterocycles. The van der Waals surface area contributed by atoms with Crippen molar-refractivity contribution in [2.45, 2.75) is 20.4 Å². The highest BCUT2D eigenvalue weighted by atomic mass is 32.1. The number of furan rings is 1. The van der Waals surface area contributed by atoms with Crippen LogP contribution in [0.3, 0.4) is 0 Å². The van der Waals surface area contributed by atoms with Crippen LogP contribution in [0.1, 0.15) is 30.0 Å². The van der Waals surface area contributed by atoms with Crippen molar-refractivity contribution >= 4 is 34.6 Å². The van der Waals surface area contributed by atoms with Crippen molar-refractivity contribution in [1.82, 2.24) is 5.32 Å². The highest BCUT2D eigenvalue weighted by Gasteiger charge is 2.18. The monoisotopic (exact) mass is 457 g/mol. The Labute approximate surface area is 190 Å². The number of hydrogen-bond donors (Lipinski definition) is 3. The van der Waals surface area contributed by atoms with Crippen LogP contribution in [0.15, 0.2) is 59.2 Å². The standard InChI is InChI=1S/C23H24FN3O4S/c1-3-29-20-13-19(27-23(32)25-14-15-8-7-11-31-15)21(30-4-2)12-18(20)26-22(28)16-9-5-6-10-17(16)24/h5-13H,3-4,14H2,1-2H3,(H,26,28)(H2,25,27,32). The number of ether oxygens (including phenoxy) is 2. The second kappa shape index (κ2) is 11.1. The molecule has 0 bridgehead atoms. The predicted octanol–water partition coefficient (Wildman–Crippen LogP) is 4.96. The Morgan fingerprint density at radius 3 is 2.25 bits per heavy atom. The van der Waals surface area contributed by atoms with Gasteiger partial charge in [-0.25, -0.2) is 4.39 Å². The van der Waals surface area contributed by atoms with E-state index in [1.54, 1.807) is 30.5 Å². The summed E-state index contributed by atoms with van der Waals surface area (Å²) >= 11 is 5.37.